The number of aliphatic hydroxyl groups is 1. The van der Waals surface area contributed by atoms with Gasteiger partial charge in [-0.15, -0.1) is 0 Å². The third kappa shape index (κ3) is 2.82. The van der Waals surface area contributed by atoms with Gasteiger partial charge in [0, 0.05) is 0 Å². The fourth-order valence-electron chi connectivity index (χ4n) is 1.72. The Hall–Kier alpha value is -0.0400. The summed E-state index contributed by atoms with van der Waals surface area (Å²) in [4.78, 5) is 0. The topological polar surface area (TPSA) is 20.2 Å². The van der Waals surface area contributed by atoms with Gasteiger partial charge in [0.15, 0.2) is 0 Å². The molecule has 1 saturated carbocycles. The van der Waals surface area contributed by atoms with Gasteiger partial charge in [-0.25, -0.2) is 0 Å². The first-order valence-electron chi connectivity index (χ1n) is 4.96. The van der Waals surface area contributed by atoms with E-state index in [4.69, 9.17) is 0 Å². The van der Waals surface area contributed by atoms with Gasteiger partial charge in [0.2, 0.25) is 0 Å². The lowest BCUT2D eigenvalue weighted by Crippen LogP contribution is -2.19. The van der Waals surface area contributed by atoms with E-state index in [1.165, 1.54) is 12.8 Å². The van der Waals surface area contributed by atoms with Crippen LogP contribution in [0.4, 0.5) is 0 Å². The molecular weight excluding hydrogens is 136 g/mol. The van der Waals surface area contributed by atoms with E-state index >= 15 is 0 Å². The maximum atomic E-state index is 9.72. The first-order valence-corrected chi connectivity index (χ1v) is 4.96. The highest BCUT2D eigenvalue weighted by atomic mass is 16.3. The molecule has 1 heteroatoms. The van der Waals surface area contributed by atoms with Crippen molar-refractivity contribution in [1.29, 1.82) is 0 Å². The normalized spacial score (nSPS) is 20.7. The Morgan fingerprint density at radius 1 is 1.27 bits per heavy atom. The summed E-state index contributed by atoms with van der Waals surface area (Å²) in [6.07, 6.45) is 6.02. The predicted molar refractivity (Wildman–Crippen MR) is 47.4 cm³/mol. The Kier molecular flexibility index (Phi) is 3.38. The third-order valence-corrected chi connectivity index (χ3v) is 2.86. The average molecular weight is 156 g/mol. The van der Waals surface area contributed by atoms with Crippen molar-refractivity contribution in [1.82, 2.24) is 0 Å². The van der Waals surface area contributed by atoms with Crippen LogP contribution in [0, 0.1) is 11.8 Å². The summed E-state index contributed by atoms with van der Waals surface area (Å²) in [6.45, 7) is 4.34. The van der Waals surface area contributed by atoms with Crippen LogP contribution in [0.25, 0.3) is 0 Å². The summed E-state index contributed by atoms with van der Waals surface area (Å²) in [6, 6.07) is 0. The SMILES string of the molecule is CCC(CC)C(O)CC1CC1. The molecule has 1 rings (SSSR count). The van der Waals surface area contributed by atoms with Gasteiger partial charge < -0.3 is 5.11 Å². The van der Waals surface area contributed by atoms with Crippen LogP contribution < -0.4 is 0 Å². The van der Waals surface area contributed by atoms with Crippen LogP contribution in [0.3, 0.4) is 0 Å². The van der Waals surface area contributed by atoms with Crippen LogP contribution in [0.2, 0.25) is 0 Å². The Balaban J connectivity index is 2.18. The van der Waals surface area contributed by atoms with Gasteiger partial charge in [0.05, 0.1) is 6.10 Å². The highest BCUT2D eigenvalue weighted by Gasteiger charge is 2.27. The lowest BCUT2D eigenvalue weighted by Gasteiger charge is -2.19. The second-order valence-corrected chi connectivity index (χ2v) is 3.82. The van der Waals surface area contributed by atoms with Gasteiger partial charge in [0.25, 0.3) is 0 Å². The van der Waals surface area contributed by atoms with E-state index < -0.39 is 0 Å². The van der Waals surface area contributed by atoms with Crippen molar-refractivity contribution in [3.05, 3.63) is 0 Å². The van der Waals surface area contributed by atoms with Crippen LogP contribution in [-0.4, -0.2) is 11.2 Å². The average Bonchev–Trinajstić information content (AvgIpc) is 2.74. The summed E-state index contributed by atoms with van der Waals surface area (Å²) in [5, 5.41) is 9.72. The molecule has 0 aromatic heterocycles. The maximum Gasteiger partial charge on any atom is 0.0570 e. The van der Waals surface area contributed by atoms with Crippen LogP contribution in [-0.2, 0) is 0 Å². The van der Waals surface area contributed by atoms with Crippen LogP contribution in [0.15, 0.2) is 0 Å². The highest BCUT2D eigenvalue weighted by Crippen LogP contribution is 2.35. The van der Waals surface area contributed by atoms with Crippen molar-refractivity contribution in [2.24, 2.45) is 11.8 Å². The monoisotopic (exact) mass is 156 g/mol. The van der Waals surface area contributed by atoms with E-state index in [0.29, 0.717) is 5.92 Å². The molecule has 1 atom stereocenters. The first kappa shape index (κ1) is 9.05. The van der Waals surface area contributed by atoms with Gasteiger partial charge in [-0.2, -0.15) is 0 Å². The van der Waals surface area contributed by atoms with Gasteiger partial charge in [-0.05, 0) is 18.3 Å². The molecule has 1 N–H and O–H groups in total. The van der Waals surface area contributed by atoms with E-state index in [-0.39, 0.29) is 6.10 Å². The van der Waals surface area contributed by atoms with Crippen molar-refractivity contribution in [2.45, 2.75) is 52.1 Å². The van der Waals surface area contributed by atoms with Gasteiger partial charge in [0.1, 0.15) is 0 Å². The molecule has 66 valence electrons. The molecule has 0 amide bonds. The van der Waals surface area contributed by atoms with Gasteiger partial charge >= 0.3 is 0 Å². The van der Waals surface area contributed by atoms with Crippen LogP contribution in [0.5, 0.6) is 0 Å². The molecule has 0 aliphatic heterocycles. The first-order chi connectivity index (χ1) is 5.27. The highest BCUT2D eigenvalue weighted by molar-refractivity contribution is 4.79. The molecule has 0 aromatic rings. The molecule has 1 unspecified atom stereocenters. The zero-order valence-corrected chi connectivity index (χ0v) is 7.71. The minimum atomic E-state index is -0.0162. The summed E-state index contributed by atoms with van der Waals surface area (Å²) < 4.78 is 0. The van der Waals surface area contributed by atoms with E-state index in [0.717, 1.165) is 25.2 Å². The standard InChI is InChI=1S/C10H20O/c1-3-9(4-2)10(11)7-8-5-6-8/h8-11H,3-7H2,1-2H3. The molecule has 1 fully saturated rings. The number of rotatable bonds is 5. The fraction of sp³-hybridized carbons (Fsp3) is 1.00. The summed E-state index contributed by atoms with van der Waals surface area (Å²) in [7, 11) is 0. The minimum absolute atomic E-state index is 0.0162. The van der Waals surface area contributed by atoms with E-state index in [1.807, 2.05) is 0 Å². The second-order valence-electron chi connectivity index (χ2n) is 3.82. The molecular formula is C10H20O. The molecule has 1 aliphatic rings. The van der Waals surface area contributed by atoms with Crippen molar-refractivity contribution in [3.8, 4) is 0 Å². The molecule has 0 spiro atoms. The molecule has 1 aliphatic carbocycles. The Bertz CT molecular complexity index is 103. The third-order valence-electron chi connectivity index (χ3n) is 2.86. The van der Waals surface area contributed by atoms with Gasteiger partial charge in [-0.1, -0.05) is 39.5 Å². The molecule has 0 bridgehead atoms. The maximum absolute atomic E-state index is 9.72. The van der Waals surface area contributed by atoms with Crippen LogP contribution >= 0.6 is 0 Å². The number of hydrogen-bond acceptors (Lipinski definition) is 1. The van der Waals surface area contributed by atoms with E-state index in [2.05, 4.69) is 13.8 Å². The summed E-state index contributed by atoms with van der Waals surface area (Å²) >= 11 is 0. The Morgan fingerprint density at radius 2 is 1.82 bits per heavy atom. The lowest BCUT2D eigenvalue weighted by molar-refractivity contribution is 0.0888. The van der Waals surface area contributed by atoms with Crippen molar-refractivity contribution in [3.63, 3.8) is 0 Å². The second kappa shape index (κ2) is 4.10. The zero-order valence-electron chi connectivity index (χ0n) is 7.71. The van der Waals surface area contributed by atoms with Crippen molar-refractivity contribution in [2.75, 3.05) is 0 Å². The lowest BCUT2D eigenvalue weighted by atomic mass is 9.93. The zero-order chi connectivity index (χ0) is 8.27. The van der Waals surface area contributed by atoms with Crippen molar-refractivity contribution < 1.29 is 5.11 Å². The smallest absolute Gasteiger partial charge is 0.0570 e. The van der Waals surface area contributed by atoms with E-state index in [9.17, 15) is 5.11 Å². The molecule has 0 saturated heterocycles. The quantitative estimate of drug-likeness (QED) is 0.648. The predicted octanol–water partition coefficient (Wildman–Crippen LogP) is 2.58. The molecule has 0 aromatic carbocycles. The summed E-state index contributed by atoms with van der Waals surface area (Å²) in [5.74, 6) is 1.42. The minimum Gasteiger partial charge on any atom is -0.393 e. The molecule has 0 radical (unpaired) electrons. The number of aliphatic hydroxyl groups excluding tert-OH is 1. The molecule has 0 heterocycles. The van der Waals surface area contributed by atoms with Crippen molar-refractivity contribution >= 4 is 0 Å². The molecule has 1 nitrogen and oxygen atoms in total. The Labute approximate surface area is 69.8 Å². The van der Waals surface area contributed by atoms with Crippen LogP contribution in [0.1, 0.15) is 46.0 Å². The fourth-order valence-corrected chi connectivity index (χ4v) is 1.72. The van der Waals surface area contributed by atoms with E-state index in [1.54, 1.807) is 0 Å². The number of hydrogen-bond donors (Lipinski definition) is 1. The summed E-state index contributed by atoms with van der Waals surface area (Å²) in [5.41, 5.74) is 0. The Morgan fingerprint density at radius 3 is 2.18 bits per heavy atom. The largest absolute Gasteiger partial charge is 0.393 e. The van der Waals surface area contributed by atoms with Gasteiger partial charge in [-0.3, -0.25) is 0 Å². The molecule has 11 heavy (non-hydrogen) atoms.